The number of nitrogens with two attached hydrogens (primary N) is 1. The fraction of sp³-hybridized carbons (Fsp3) is 0.455. The quantitative estimate of drug-likeness (QED) is 0.860. The molecule has 16 heavy (non-hydrogen) atoms. The number of hydrogen-bond donors (Lipinski definition) is 1. The van der Waals surface area contributed by atoms with E-state index in [2.05, 4.69) is 14.5 Å². The van der Waals surface area contributed by atoms with Crippen LogP contribution in [0.2, 0.25) is 0 Å². The third-order valence-electron chi connectivity index (χ3n) is 3.04. The fourth-order valence-electron chi connectivity index (χ4n) is 2.18. The summed E-state index contributed by atoms with van der Waals surface area (Å²) in [7, 11) is 0. The van der Waals surface area contributed by atoms with Gasteiger partial charge in [0.15, 0.2) is 0 Å². The van der Waals surface area contributed by atoms with Crippen LogP contribution in [0.5, 0.6) is 0 Å². The molecular formula is C11H14N4S. The smallest absolute Gasteiger partial charge is 0.201 e. The Morgan fingerprint density at radius 2 is 2.50 bits per heavy atom. The Morgan fingerprint density at radius 3 is 3.31 bits per heavy atom. The molecule has 0 amide bonds. The number of anilines is 1. The van der Waals surface area contributed by atoms with E-state index in [0.717, 1.165) is 23.5 Å². The second kappa shape index (κ2) is 3.97. The van der Waals surface area contributed by atoms with E-state index in [9.17, 15) is 0 Å². The lowest BCUT2D eigenvalue weighted by Crippen LogP contribution is -2.12. The van der Waals surface area contributed by atoms with E-state index in [1.807, 2.05) is 17.8 Å². The molecule has 0 spiro atoms. The Bertz CT molecular complexity index is 502. The molecule has 1 aliphatic heterocycles. The minimum absolute atomic E-state index is 0.611. The Kier molecular flexibility index (Phi) is 2.47. The highest BCUT2D eigenvalue weighted by Gasteiger charge is 2.18. The molecule has 0 aromatic carbocycles. The number of thioether (sulfide) groups is 1. The average Bonchev–Trinajstić information content (AvgIpc) is 2.89. The van der Waals surface area contributed by atoms with Crippen LogP contribution in [0.1, 0.15) is 6.42 Å². The van der Waals surface area contributed by atoms with Gasteiger partial charge in [-0.15, -0.1) is 0 Å². The van der Waals surface area contributed by atoms with E-state index in [0.29, 0.717) is 5.95 Å². The van der Waals surface area contributed by atoms with Gasteiger partial charge in [0.2, 0.25) is 5.95 Å². The largest absolute Gasteiger partial charge is 0.369 e. The average molecular weight is 234 g/mol. The number of rotatable bonds is 2. The zero-order valence-corrected chi connectivity index (χ0v) is 9.78. The van der Waals surface area contributed by atoms with Gasteiger partial charge in [-0.2, -0.15) is 11.8 Å². The predicted molar refractivity (Wildman–Crippen MR) is 67.4 cm³/mol. The number of fused-ring (bicyclic) bond motifs is 1. The van der Waals surface area contributed by atoms with Crippen molar-refractivity contribution in [3.05, 3.63) is 18.5 Å². The van der Waals surface area contributed by atoms with E-state index in [4.69, 9.17) is 5.73 Å². The highest BCUT2D eigenvalue weighted by molar-refractivity contribution is 7.99. The first-order valence-electron chi connectivity index (χ1n) is 5.48. The Balaban J connectivity index is 1.98. The van der Waals surface area contributed by atoms with Crippen LogP contribution in [0.25, 0.3) is 11.0 Å². The van der Waals surface area contributed by atoms with Gasteiger partial charge in [0.05, 0.1) is 11.7 Å². The molecule has 2 aromatic rings. The standard InChI is InChI=1S/C11H14N4S/c12-11-14-9-5-13-3-1-10(9)15(11)6-8-2-4-16-7-8/h1,3,5,8H,2,4,6-7H2,(H2,12,14). The third kappa shape index (κ3) is 1.65. The Labute approximate surface area is 98.3 Å². The van der Waals surface area contributed by atoms with E-state index < -0.39 is 0 Å². The molecule has 0 radical (unpaired) electrons. The molecule has 2 aromatic heterocycles. The summed E-state index contributed by atoms with van der Waals surface area (Å²) in [5.41, 5.74) is 7.94. The molecule has 0 aliphatic carbocycles. The minimum atomic E-state index is 0.611. The zero-order valence-electron chi connectivity index (χ0n) is 8.97. The highest BCUT2D eigenvalue weighted by Crippen LogP contribution is 2.27. The maximum Gasteiger partial charge on any atom is 0.201 e. The SMILES string of the molecule is Nc1nc2cnccc2n1CC1CCSC1. The fourth-order valence-corrected chi connectivity index (χ4v) is 3.45. The van der Waals surface area contributed by atoms with Gasteiger partial charge in [-0.1, -0.05) is 0 Å². The van der Waals surface area contributed by atoms with Crippen molar-refractivity contribution in [2.45, 2.75) is 13.0 Å². The van der Waals surface area contributed by atoms with Crippen molar-refractivity contribution < 1.29 is 0 Å². The highest BCUT2D eigenvalue weighted by atomic mass is 32.2. The van der Waals surface area contributed by atoms with Crippen molar-refractivity contribution >= 4 is 28.7 Å². The number of aromatic nitrogens is 3. The number of nitrogen functional groups attached to an aromatic ring is 1. The molecule has 4 nitrogen and oxygen atoms in total. The molecule has 0 bridgehead atoms. The monoisotopic (exact) mass is 234 g/mol. The summed E-state index contributed by atoms with van der Waals surface area (Å²) >= 11 is 2.03. The van der Waals surface area contributed by atoms with Gasteiger partial charge in [0.25, 0.3) is 0 Å². The van der Waals surface area contributed by atoms with Crippen molar-refractivity contribution in [2.75, 3.05) is 17.2 Å². The Morgan fingerprint density at radius 1 is 1.56 bits per heavy atom. The summed E-state index contributed by atoms with van der Waals surface area (Å²) in [6.07, 6.45) is 4.85. The van der Waals surface area contributed by atoms with Gasteiger partial charge in [0, 0.05) is 12.7 Å². The molecule has 1 fully saturated rings. The van der Waals surface area contributed by atoms with Gasteiger partial charge in [-0.25, -0.2) is 4.98 Å². The molecule has 3 rings (SSSR count). The molecule has 84 valence electrons. The van der Waals surface area contributed by atoms with E-state index in [1.54, 1.807) is 12.4 Å². The number of nitrogens with zero attached hydrogens (tertiary/aromatic N) is 3. The topological polar surface area (TPSA) is 56.7 Å². The second-order valence-electron chi connectivity index (χ2n) is 4.17. The minimum Gasteiger partial charge on any atom is -0.369 e. The van der Waals surface area contributed by atoms with Crippen molar-refractivity contribution in [3.63, 3.8) is 0 Å². The summed E-state index contributed by atoms with van der Waals surface area (Å²) in [5, 5.41) is 0. The number of imidazole rings is 1. The summed E-state index contributed by atoms with van der Waals surface area (Å²) in [6, 6.07) is 1.99. The van der Waals surface area contributed by atoms with Gasteiger partial charge < -0.3 is 10.3 Å². The molecule has 1 atom stereocenters. The van der Waals surface area contributed by atoms with Crippen molar-refractivity contribution in [1.29, 1.82) is 0 Å². The molecule has 2 N–H and O–H groups in total. The van der Waals surface area contributed by atoms with Gasteiger partial charge >= 0.3 is 0 Å². The number of pyridine rings is 1. The Hall–Kier alpha value is -1.23. The molecule has 5 heteroatoms. The molecule has 3 heterocycles. The van der Waals surface area contributed by atoms with Crippen LogP contribution in [-0.2, 0) is 6.54 Å². The predicted octanol–water partition coefficient (Wildman–Crippen LogP) is 1.77. The first-order chi connectivity index (χ1) is 7.84. The van der Waals surface area contributed by atoms with Crippen molar-refractivity contribution in [2.24, 2.45) is 5.92 Å². The summed E-state index contributed by atoms with van der Waals surface area (Å²) in [6.45, 7) is 0.985. The van der Waals surface area contributed by atoms with Crippen LogP contribution in [0.15, 0.2) is 18.5 Å². The molecule has 1 aliphatic rings. The van der Waals surface area contributed by atoms with Crippen molar-refractivity contribution in [1.82, 2.24) is 14.5 Å². The normalized spacial score (nSPS) is 20.6. The van der Waals surface area contributed by atoms with E-state index in [-0.39, 0.29) is 0 Å². The first kappa shape index (κ1) is 9.96. The molecular weight excluding hydrogens is 220 g/mol. The van der Waals surface area contributed by atoms with Gasteiger partial charge in [-0.3, -0.25) is 4.98 Å². The van der Waals surface area contributed by atoms with Crippen LogP contribution in [-0.4, -0.2) is 26.0 Å². The van der Waals surface area contributed by atoms with Gasteiger partial charge in [-0.05, 0) is 29.9 Å². The second-order valence-corrected chi connectivity index (χ2v) is 5.32. The van der Waals surface area contributed by atoms with Crippen LogP contribution in [0.3, 0.4) is 0 Å². The lowest BCUT2D eigenvalue weighted by Gasteiger charge is -2.11. The van der Waals surface area contributed by atoms with Crippen LogP contribution in [0.4, 0.5) is 5.95 Å². The lowest BCUT2D eigenvalue weighted by atomic mass is 10.1. The number of hydrogen-bond acceptors (Lipinski definition) is 4. The summed E-state index contributed by atoms with van der Waals surface area (Å²) < 4.78 is 2.12. The molecule has 1 saturated heterocycles. The first-order valence-corrected chi connectivity index (χ1v) is 6.63. The lowest BCUT2D eigenvalue weighted by molar-refractivity contribution is 0.505. The molecule has 0 saturated carbocycles. The van der Waals surface area contributed by atoms with Gasteiger partial charge in [0.1, 0.15) is 5.52 Å². The van der Waals surface area contributed by atoms with Crippen LogP contribution < -0.4 is 5.73 Å². The van der Waals surface area contributed by atoms with Crippen LogP contribution in [0, 0.1) is 5.92 Å². The summed E-state index contributed by atoms with van der Waals surface area (Å²) in [4.78, 5) is 8.39. The summed E-state index contributed by atoms with van der Waals surface area (Å²) in [5.74, 6) is 3.86. The van der Waals surface area contributed by atoms with Crippen molar-refractivity contribution in [3.8, 4) is 0 Å². The molecule has 1 unspecified atom stereocenters. The zero-order chi connectivity index (χ0) is 11.0. The maximum absolute atomic E-state index is 5.95. The van der Waals surface area contributed by atoms with E-state index in [1.165, 1.54) is 17.9 Å². The van der Waals surface area contributed by atoms with Crippen LogP contribution >= 0.6 is 11.8 Å². The maximum atomic E-state index is 5.95. The van der Waals surface area contributed by atoms with E-state index >= 15 is 0 Å². The third-order valence-corrected chi connectivity index (χ3v) is 4.28.